The second-order valence-electron chi connectivity index (χ2n) is 11.1. The molecule has 0 amide bonds. The van der Waals surface area contributed by atoms with Crippen LogP contribution in [0.1, 0.15) is 84.9 Å². The maximum Gasteiger partial charge on any atom is 0.343 e. The van der Waals surface area contributed by atoms with Gasteiger partial charge in [0.05, 0.1) is 7.11 Å². The van der Waals surface area contributed by atoms with Crippen molar-refractivity contribution in [3.8, 4) is 5.75 Å². The van der Waals surface area contributed by atoms with E-state index in [1.165, 1.54) is 7.11 Å². The maximum absolute atomic E-state index is 13.3. The number of Topliss-reactive ketones (excluding diaryl/α,β-unsaturated/α-hetero) is 2. The minimum absolute atomic E-state index is 0.0346. The smallest absolute Gasteiger partial charge is 0.343 e. The zero-order chi connectivity index (χ0) is 26.2. The molecule has 0 heterocycles. The molecular formula is C29H44N2O5. The molecule has 1 aromatic rings. The van der Waals surface area contributed by atoms with Gasteiger partial charge in [-0.05, 0) is 110 Å². The molecule has 0 unspecified atom stereocenters. The predicted octanol–water partition coefficient (Wildman–Crippen LogP) is 4.62. The monoisotopic (exact) mass is 500 g/mol. The number of ketones is 2. The molecule has 0 aliphatic heterocycles. The lowest BCUT2D eigenvalue weighted by Gasteiger charge is -2.32. The lowest BCUT2D eigenvalue weighted by molar-refractivity contribution is -0.142. The van der Waals surface area contributed by atoms with Crippen molar-refractivity contribution in [1.82, 2.24) is 9.80 Å². The molecule has 0 saturated heterocycles. The molecule has 0 bridgehead atoms. The van der Waals surface area contributed by atoms with Crippen LogP contribution in [0.15, 0.2) is 18.2 Å². The van der Waals surface area contributed by atoms with Crippen molar-refractivity contribution in [3.63, 3.8) is 0 Å². The van der Waals surface area contributed by atoms with E-state index in [2.05, 4.69) is 42.7 Å². The summed E-state index contributed by atoms with van der Waals surface area (Å²) in [6.07, 6.45) is 9.51. The van der Waals surface area contributed by atoms with Gasteiger partial charge in [-0.1, -0.05) is 0 Å². The van der Waals surface area contributed by atoms with Crippen LogP contribution >= 0.6 is 0 Å². The Bertz CT molecular complexity index is 837. The Morgan fingerprint density at radius 3 is 1.50 bits per heavy atom. The molecule has 2 fully saturated rings. The molecule has 0 N–H and O–H groups in total. The van der Waals surface area contributed by atoms with Crippen LogP contribution in [-0.4, -0.2) is 81.3 Å². The van der Waals surface area contributed by atoms with Crippen molar-refractivity contribution in [2.75, 3.05) is 41.9 Å². The Hall–Kier alpha value is -2.25. The Morgan fingerprint density at radius 2 is 1.14 bits per heavy atom. The zero-order valence-corrected chi connectivity index (χ0v) is 22.8. The Morgan fingerprint density at radius 1 is 0.722 bits per heavy atom. The first kappa shape index (κ1) is 28.3. The van der Waals surface area contributed by atoms with Crippen molar-refractivity contribution in [2.24, 2.45) is 11.8 Å². The number of hydrogen-bond donors (Lipinski definition) is 0. The van der Waals surface area contributed by atoms with Gasteiger partial charge in [0.25, 0.3) is 0 Å². The van der Waals surface area contributed by atoms with E-state index in [-0.39, 0.29) is 18.2 Å². The molecular weight excluding hydrogens is 456 g/mol. The molecule has 1 aromatic carbocycles. The second-order valence-corrected chi connectivity index (χ2v) is 11.1. The largest absolute Gasteiger partial charge is 0.482 e. The summed E-state index contributed by atoms with van der Waals surface area (Å²) in [5, 5.41) is 0. The zero-order valence-electron chi connectivity index (χ0n) is 22.8. The van der Waals surface area contributed by atoms with E-state index in [9.17, 15) is 14.4 Å². The van der Waals surface area contributed by atoms with Crippen LogP contribution in [0.4, 0.5) is 0 Å². The summed E-state index contributed by atoms with van der Waals surface area (Å²) in [6.45, 7) is -0.259. The van der Waals surface area contributed by atoms with E-state index in [0.717, 1.165) is 51.4 Å². The van der Waals surface area contributed by atoms with Gasteiger partial charge in [-0.15, -0.1) is 0 Å². The SMILES string of the molecule is COC(=O)COc1cc(C(=O)CC2CCC(N(C)C)CC2)cc(C(=O)CC2CCC(N(C)C)CC2)c1. The third-order valence-corrected chi connectivity index (χ3v) is 8.18. The Labute approximate surface area is 216 Å². The minimum atomic E-state index is -0.505. The second kappa shape index (κ2) is 13.3. The fourth-order valence-corrected chi connectivity index (χ4v) is 5.70. The molecule has 2 saturated carbocycles. The van der Waals surface area contributed by atoms with Crippen molar-refractivity contribution < 1.29 is 23.9 Å². The van der Waals surface area contributed by atoms with Gasteiger partial charge in [0.2, 0.25) is 0 Å². The van der Waals surface area contributed by atoms with Crippen LogP contribution in [0.5, 0.6) is 5.75 Å². The van der Waals surface area contributed by atoms with Gasteiger partial charge in [0, 0.05) is 36.1 Å². The number of nitrogens with zero attached hydrogens (tertiary/aromatic N) is 2. The number of methoxy groups -OCH3 is 1. The Kier molecular flexibility index (Phi) is 10.5. The van der Waals surface area contributed by atoms with Crippen molar-refractivity contribution >= 4 is 17.5 Å². The molecule has 200 valence electrons. The molecule has 0 radical (unpaired) electrons. The first-order valence-corrected chi connectivity index (χ1v) is 13.4. The van der Waals surface area contributed by atoms with Gasteiger partial charge in [-0.2, -0.15) is 0 Å². The molecule has 7 nitrogen and oxygen atoms in total. The van der Waals surface area contributed by atoms with Crippen LogP contribution in [-0.2, 0) is 9.53 Å². The van der Waals surface area contributed by atoms with Gasteiger partial charge < -0.3 is 19.3 Å². The van der Waals surface area contributed by atoms with Gasteiger partial charge in [-0.25, -0.2) is 4.79 Å². The van der Waals surface area contributed by atoms with Gasteiger partial charge >= 0.3 is 5.97 Å². The normalized spacial score (nSPS) is 24.5. The topological polar surface area (TPSA) is 76.1 Å². The summed E-state index contributed by atoms with van der Waals surface area (Å²) in [5.41, 5.74) is 0.985. The van der Waals surface area contributed by atoms with Crippen LogP contribution < -0.4 is 4.74 Å². The highest BCUT2D eigenvalue weighted by atomic mass is 16.6. The number of rotatable bonds is 11. The summed E-state index contributed by atoms with van der Waals surface area (Å²) < 4.78 is 10.3. The van der Waals surface area contributed by atoms with Crippen molar-refractivity contribution in [3.05, 3.63) is 29.3 Å². The molecule has 0 atom stereocenters. The molecule has 36 heavy (non-hydrogen) atoms. The third kappa shape index (κ3) is 8.13. The first-order valence-electron chi connectivity index (χ1n) is 13.4. The van der Waals surface area contributed by atoms with E-state index in [0.29, 0.717) is 53.6 Å². The number of hydrogen-bond acceptors (Lipinski definition) is 7. The lowest BCUT2D eigenvalue weighted by atomic mass is 9.81. The van der Waals surface area contributed by atoms with Crippen molar-refractivity contribution in [1.29, 1.82) is 0 Å². The standard InChI is InChI=1S/C29H44N2O5/c1-30(2)24-10-6-20(7-11-24)14-27(32)22-16-23(18-26(17-22)36-19-29(34)35-5)28(33)15-21-8-12-25(13-9-21)31(3)4/h16-18,20-21,24-25H,6-15,19H2,1-5H3. The molecule has 2 aliphatic rings. The number of carbonyl (C=O) groups excluding carboxylic acids is 3. The van der Waals surface area contributed by atoms with Gasteiger partial charge in [0.1, 0.15) is 5.75 Å². The fraction of sp³-hybridized carbons (Fsp3) is 0.690. The first-order chi connectivity index (χ1) is 17.2. The fourth-order valence-electron chi connectivity index (χ4n) is 5.70. The molecule has 2 aliphatic carbocycles. The molecule has 7 heteroatoms. The molecule has 0 spiro atoms. The highest BCUT2D eigenvalue weighted by molar-refractivity contribution is 6.02. The van der Waals surface area contributed by atoms with Crippen LogP contribution in [0.3, 0.4) is 0 Å². The Balaban J connectivity index is 1.69. The highest BCUT2D eigenvalue weighted by Crippen LogP contribution is 2.32. The average molecular weight is 501 g/mol. The van der Waals surface area contributed by atoms with E-state index < -0.39 is 5.97 Å². The number of benzene rings is 1. The van der Waals surface area contributed by atoms with Crippen molar-refractivity contribution in [2.45, 2.75) is 76.3 Å². The average Bonchev–Trinajstić information content (AvgIpc) is 2.87. The van der Waals surface area contributed by atoms with Crippen LogP contribution in [0, 0.1) is 11.8 Å². The highest BCUT2D eigenvalue weighted by Gasteiger charge is 2.27. The van der Waals surface area contributed by atoms with Crippen LogP contribution in [0.25, 0.3) is 0 Å². The van der Waals surface area contributed by atoms with E-state index in [1.807, 2.05) is 0 Å². The van der Waals surface area contributed by atoms with Gasteiger partial charge in [0.15, 0.2) is 18.2 Å². The summed E-state index contributed by atoms with van der Waals surface area (Å²) in [4.78, 5) is 42.7. The maximum atomic E-state index is 13.3. The summed E-state index contributed by atoms with van der Waals surface area (Å²) >= 11 is 0. The van der Waals surface area contributed by atoms with E-state index >= 15 is 0 Å². The van der Waals surface area contributed by atoms with Crippen LogP contribution in [0.2, 0.25) is 0 Å². The quantitative estimate of drug-likeness (QED) is 0.324. The third-order valence-electron chi connectivity index (χ3n) is 8.18. The molecule has 0 aromatic heterocycles. The summed E-state index contributed by atoms with van der Waals surface area (Å²) in [7, 11) is 9.76. The number of carbonyl (C=O) groups is 3. The number of ether oxygens (including phenoxy) is 2. The van der Waals surface area contributed by atoms with E-state index in [4.69, 9.17) is 4.74 Å². The summed E-state index contributed by atoms with van der Waals surface area (Å²) in [6, 6.07) is 6.23. The van der Waals surface area contributed by atoms with Gasteiger partial charge in [-0.3, -0.25) is 9.59 Å². The lowest BCUT2D eigenvalue weighted by Crippen LogP contribution is -2.32. The predicted molar refractivity (Wildman–Crippen MR) is 141 cm³/mol. The summed E-state index contributed by atoms with van der Waals surface area (Å²) in [5.74, 6) is 0.649. The number of esters is 1. The molecule has 3 rings (SSSR count). The minimum Gasteiger partial charge on any atom is -0.482 e. The van der Waals surface area contributed by atoms with E-state index in [1.54, 1.807) is 18.2 Å².